The predicted octanol–water partition coefficient (Wildman–Crippen LogP) is 1.37. The Morgan fingerprint density at radius 1 is 1.16 bits per heavy atom. The summed E-state index contributed by atoms with van der Waals surface area (Å²) in [4.78, 5) is 12.6. The SMILES string of the molecule is CCc1nc(NN)cc(NCCc2ccncc2)n1. The third kappa shape index (κ3) is 3.89. The van der Waals surface area contributed by atoms with Crippen LogP contribution in [0.15, 0.2) is 30.6 Å². The van der Waals surface area contributed by atoms with E-state index in [-0.39, 0.29) is 0 Å². The smallest absolute Gasteiger partial charge is 0.145 e. The summed E-state index contributed by atoms with van der Waals surface area (Å²) < 4.78 is 0. The van der Waals surface area contributed by atoms with E-state index >= 15 is 0 Å². The van der Waals surface area contributed by atoms with Gasteiger partial charge in [-0.25, -0.2) is 15.8 Å². The largest absolute Gasteiger partial charge is 0.370 e. The molecule has 0 aromatic carbocycles. The lowest BCUT2D eigenvalue weighted by Gasteiger charge is -2.09. The number of nitrogens with one attached hydrogen (secondary N) is 2. The van der Waals surface area contributed by atoms with E-state index in [0.29, 0.717) is 5.82 Å². The predicted molar refractivity (Wildman–Crippen MR) is 75.7 cm³/mol. The number of nitrogen functional groups attached to an aromatic ring is 1. The molecule has 2 aromatic heterocycles. The second-order valence-electron chi connectivity index (χ2n) is 4.08. The van der Waals surface area contributed by atoms with Crippen LogP contribution in [-0.4, -0.2) is 21.5 Å². The number of aryl methyl sites for hydroxylation is 1. The first-order valence-electron chi connectivity index (χ1n) is 6.29. The molecular formula is C13H18N6. The fraction of sp³-hybridized carbons (Fsp3) is 0.308. The molecule has 0 atom stereocenters. The number of rotatable bonds is 6. The number of hydrogen-bond acceptors (Lipinski definition) is 6. The lowest BCUT2D eigenvalue weighted by atomic mass is 10.2. The Labute approximate surface area is 112 Å². The van der Waals surface area contributed by atoms with Gasteiger partial charge in [-0.1, -0.05) is 6.92 Å². The third-order valence-electron chi connectivity index (χ3n) is 2.71. The highest BCUT2D eigenvalue weighted by atomic mass is 15.3. The Kier molecular flexibility index (Phi) is 4.63. The highest BCUT2D eigenvalue weighted by Gasteiger charge is 2.02. The van der Waals surface area contributed by atoms with E-state index in [2.05, 4.69) is 25.7 Å². The first kappa shape index (κ1) is 13.2. The van der Waals surface area contributed by atoms with Crippen molar-refractivity contribution in [2.45, 2.75) is 19.8 Å². The summed E-state index contributed by atoms with van der Waals surface area (Å²) in [7, 11) is 0. The van der Waals surface area contributed by atoms with Crippen molar-refractivity contribution in [2.75, 3.05) is 17.3 Å². The maximum atomic E-state index is 5.39. The monoisotopic (exact) mass is 258 g/mol. The molecule has 0 radical (unpaired) electrons. The van der Waals surface area contributed by atoms with Gasteiger partial charge in [-0.15, -0.1) is 0 Å². The number of nitrogens with two attached hydrogens (primary N) is 1. The molecule has 4 N–H and O–H groups in total. The maximum absolute atomic E-state index is 5.39. The van der Waals surface area contributed by atoms with E-state index in [1.807, 2.05) is 19.1 Å². The second-order valence-corrected chi connectivity index (χ2v) is 4.08. The van der Waals surface area contributed by atoms with Crippen molar-refractivity contribution in [3.05, 3.63) is 42.0 Å². The molecule has 0 saturated heterocycles. The summed E-state index contributed by atoms with van der Waals surface area (Å²) in [5.41, 5.74) is 3.79. The van der Waals surface area contributed by atoms with Crippen molar-refractivity contribution in [3.63, 3.8) is 0 Å². The van der Waals surface area contributed by atoms with Gasteiger partial charge in [0.25, 0.3) is 0 Å². The molecule has 2 rings (SSSR count). The van der Waals surface area contributed by atoms with E-state index in [1.54, 1.807) is 18.5 Å². The van der Waals surface area contributed by atoms with Crippen LogP contribution in [0, 0.1) is 0 Å². The van der Waals surface area contributed by atoms with E-state index in [9.17, 15) is 0 Å². The van der Waals surface area contributed by atoms with Crippen molar-refractivity contribution < 1.29 is 0 Å². The van der Waals surface area contributed by atoms with Gasteiger partial charge in [-0.05, 0) is 24.1 Å². The van der Waals surface area contributed by atoms with Crippen LogP contribution in [0.2, 0.25) is 0 Å². The van der Waals surface area contributed by atoms with E-state index < -0.39 is 0 Å². The highest BCUT2D eigenvalue weighted by Crippen LogP contribution is 2.11. The maximum Gasteiger partial charge on any atom is 0.145 e. The lowest BCUT2D eigenvalue weighted by molar-refractivity contribution is 0.923. The Hall–Kier alpha value is -2.21. The molecule has 0 aliphatic rings. The summed E-state index contributed by atoms with van der Waals surface area (Å²) in [5, 5.41) is 3.28. The molecule has 0 spiro atoms. The molecule has 2 aromatic rings. The van der Waals surface area contributed by atoms with Gasteiger partial charge < -0.3 is 10.7 Å². The Balaban J connectivity index is 1.95. The molecule has 0 bridgehead atoms. The molecule has 6 heteroatoms. The van der Waals surface area contributed by atoms with Crippen LogP contribution in [0.4, 0.5) is 11.6 Å². The average molecular weight is 258 g/mol. The number of hydrogen-bond donors (Lipinski definition) is 3. The van der Waals surface area contributed by atoms with Gasteiger partial charge in [0.1, 0.15) is 17.5 Å². The van der Waals surface area contributed by atoms with Crippen molar-refractivity contribution in [1.82, 2.24) is 15.0 Å². The van der Waals surface area contributed by atoms with E-state index in [4.69, 9.17) is 5.84 Å². The normalized spacial score (nSPS) is 10.2. The molecule has 100 valence electrons. The molecule has 19 heavy (non-hydrogen) atoms. The first-order valence-corrected chi connectivity index (χ1v) is 6.29. The molecule has 0 aliphatic carbocycles. The van der Waals surface area contributed by atoms with Crippen LogP contribution in [0.1, 0.15) is 18.3 Å². The molecule has 0 saturated carbocycles. The van der Waals surface area contributed by atoms with Crippen molar-refractivity contribution >= 4 is 11.6 Å². The quantitative estimate of drug-likeness (QED) is 0.536. The minimum absolute atomic E-state index is 0.623. The summed E-state index contributed by atoms with van der Waals surface area (Å²) in [6, 6.07) is 5.81. The Morgan fingerprint density at radius 3 is 2.58 bits per heavy atom. The van der Waals surface area contributed by atoms with E-state index in [1.165, 1.54) is 5.56 Å². The zero-order chi connectivity index (χ0) is 13.5. The number of pyridine rings is 1. The fourth-order valence-corrected chi connectivity index (χ4v) is 1.70. The molecule has 0 fully saturated rings. The molecular weight excluding hydrogens is 240 g/mol. The summed E-state index contributed by atoms with van der Waals surface area (Å²) in [6.45, 7) is 2.81. The minimum Gasteiger partial charge on any atom is -0.370 e. The van der Waals surface area contributed by atoms with E-state index in [0.717, 1.165) is 31.0 Å². The van der Waals surface area contributed by atoms with Crippen LogP contribution < -0.4 is 16.6 Å². The summed E-state index contributed by atoms with van der Waals surface area (Å²) in [6.07, 6.45) is 5.28. The molecule has 6 nitrogen and oxygen atoms in total. The van der Waals surface area contributed by atoms with Gasteiger partial charge in [-0.3, -0.25) is 4.98 Å². The van der Waals surface area contributed by atoms with Gasteiger partial charge >= 0.3 is 0 Å². The summed E-state index contributed by atoms with van der Waals surface area (Å²) >= 11 is 0. The summed E-state index contributed by atoms with van der Waals surface area (Å²) in [5.74, 6) is 7.56. The van der Waals surface area contributed by atoms with Crippen LogP contribution >= 0.6 is 0 Å². The van der Waals surface area contributed by atoms with Crippen molar-refractivity contribution in [1.29, 1.82) is 0 Å². The Bertz CT molecular complexity index is 492. The number of nitrogens with zero attached hydrogens (tertiary/aromatic N) is 3. The van der Waals surface area contributed by atoms with Crippen LogP contribution in [0.3, 0.4) is 0 Å². The number of anilines is 2. The van der Waals surface area contributed by atoms with Gasteiger partial charge in [-0.2, -0.15) is 0 Å². The lowest BCUT2D eigenvalue weighted by Crippen LogP contribution is -2.13. The van der Waals surface area contributed by atoms with Gasteiger partial charge in [0, 0.05) is 31.4 Å². The zero-order valence-electron chi connectivity index (χ0n) is 10.9. The van der Waals surface area contributed by atoms with Crippen LogP contribution in [0.5, 0.6) is 0 Å². The molecule has 2 heterocycles. The van der Waals surface area contributed by atoms with Gasteiger partial charge in [0.15, 0.2) is 0 Å². The van der Waals surface area contributed by atoms with Crippen LogP contribution in [-0.2, 0) is 12.8 Å². The topological polar surface area (TPSA) is 88.8 Å². The standard InChI is InChI=1S/C13H18N6/c1-2-11-17-12(9-13(18-11)19-14)16-8-5-10-3-6-15-7-4-10/h3-4,6-7,9H,2,5,8,14H2,1H3,(H2,16,17,18,19). The zero-order valence-corrected chi connectivity index (χ0v) is 10.9. The number of aromatic nitrogens is 3. The fourth-order valence-electron chi connectivity index (χ4n) is 1.70. The third-order valence-corrected chi connectivity index (χ3v) is 2.71. The molecule has 0 aliphatic heterocycles. The van der Waals surface area contributed by atoms with Gasteiger partial charge in [0.05, 0.1) is 0 Å². The van der Waals surface area contributed by atoms with Crippen molar-refractivity contribution in [3.8, 4) is 0 Å². The van der Waals surface area contributed by atoms with Crippen LogP contribution in [0.25, 0.3) is 0 Å². The average Bonchev–Trinajstić information content (AvgIpc) is 2.48. The minimum atomic E-state index is 0.623. The second kappa shape index (κ2) is 6.65. The van der Waals surface area contributed by atoms with Gasteiger partial charge in [0.2, 0.25) is 0 Å². The molecule has 0 unspecified atom stereocenters. The first-order chi connectivity index (χ1) is 9.31. The number of hydrazine groups is 1. The van der Waals surface area contributed by atoms with Crippen molar-refractivity contribution in [2.24, 2.45) is 5.84 Å². The Morgan fingerprint density at radius 2 is 1.89 bits per heavy atom. The highest BCUT2D eigenvalue weighted by molar-refractivity contribution is 5.46. The molecule has 0 amide bonds.